The molecule has 2 fully saturated rings. The molecule has 0 atom stereocenters. The summed E-state index contributed by atoms with van der Waals surface area (Å²) in [5, 5.41) is 4.71. The topological polar surface area (TPSA) is 31.4 Å². The zero-order chi connectivity index (χ0) is 14.8. The largest absolute Gasteiger partial charge is 0.348 e. The Kier molecular flexibility index (Phi) is 4.82. The van der Waals surface area contributed by atoms with Crippen molar-refractivity contribution in [3.8, 4) is 0 Å². The second kappa shape index (κ2) is 6.63. The highest BCUT2D eigenvalue weighted by atomic mass is 32.1. The van der Waals surface area contributed by atoms with E-state index in [-0.39, 0.29) is 0 Å². The predicted molar refractivity (Wildman–Crippen MR) is 90.4 cm³/mol. The molecule has 0 spiro atoms. The summed E-state index contributed by atoms with van der Waals surface area (Å²) < 4.78 is 0. The van der Waals surface area contributed by atoms with Gasteiger partial charge in [-0.15, -0.1) is 11.3 Å². The highest BCUT2D eigenvalue weighted by molar-refractivity contribution is 7.15. The Morgan fingerprint density at radius 3 is 2.62 bits per heavy atom. The molecule has 3 rings (SSSR count). The molecule has 0 radical (unpaired) electrons. The van der Waals surface area contributed by atoms with Crippen molar-refractivity contribution in [3.05, 3.63) is 10.6 Å². The third kappa shape index (κ3) is 3.58. The second-order valence-corrected chi connectivity index (χ2v) is 7.57. The summed E-state index contributed by atoms with van der Waals surface area (Å²) >= 11 is 1.91. The van der Waals surface area contributed by atoms with Crippen molar-refractivity contribution in [1.82, 2.24) is 15.2 Å². The lowest BCUT2D eigenvalue weighted by molar-refractivity contribution is 0.253. The van der Waals surface area contributed by atoms with Crippen LogP contribution in [0.15, 0.2) is 0 Å². The fourth-order valence-corrected chi connectivity index (χ4v) is 4.23. The molecular weight excluding hydrogens is 280 g/mol. The molecule has 4 nitrogen and oxygen atoms in total. The molecule has 0 bridgehead atoms. The van der Waals surface area contributed by atoms with Gasteiger partial charge in [-0.1, -0.05) is 6.92 Å². The van der Waals surface area contributed by atoms with E-state index >= 15 is 0 Å². The maximum atomic E-state index is 5.01. The van der Waals surface area contributed by atoms with Crippen molar-refractivity contribution in [2.45, 2.75) is 51.1 Å². The monoisotopic (exact) mass is 308 g/mol. The minimum Gasteiger partial charge on any atom is -0.348 e. The molecule has 0 aromatic carbocycles. The van der Waals surface area contributed by atoms with Gasteiger partial charge in [0.2, 0.25) is 0 Å². The number of piperidine rings is 1. The van der Waals surface area contributed by atoms with Gasteiger partial charge in [-0.2, -0.15) is 0 Å². The van der Waals surface area contributed by atoms with Crippen LogP contribution in [0.4, 0.5) is 5.13 Å². The van der Waals surface area contributed by atoms with Crippen LogP contribution in [-0.2, 0) is 6.54 Å². The molecule has 118 valence electrons. The molecule has 0 unspecified atom stereocenters. The van der Waals surface area contributed by atoms with E-state index in [1.54, 1.807) is 0 Å². The van der Waals surface area contributed by atoms with Gasteiger partial charge in [-0.3, -0.25) is 0 Å². The highest BCUT2D eigenvalue weighted by Crippen LogP contribution is 2.44. The standard InChI is InChI=1S/C16H28N4S/c1-4-17-11-14-15(12-5-6-12)18-16(21-14)20(3)13-7-9-19(2)10-8-13/h12-13,17H,4-11H2,1-3H3. The molecule has 0 amide bonds. The number of nitrogens with one attached hydrogen (secondary N) is 1. The molecule has 1 saturated carbocycles. The van der Waals surface area contributed by atoms with Gasteiger partial charge in [-0.25, -0.2) is 4.98 Å². The quantitative estimate of drug-likeness (QED) is 0.875. The van der Waals surface area contributed by atoms with Crippen LogP contribution < -0.4 is 10.2 Å². The first-order chi connectivity index (χ1) is 10.2. The van der Waals surface area contributed by atoms with Crippen LogP contribution in [0.25, 0.3) is 0 Å². The maximum absolute atomic E-state index is 5.01. The predicted octanol–water partition coefficient (Wildman–Crippen LogP) is 2.66. The van der Waals surface area contributed by atoms with Gasteiger partial charge in [0.15, 0.2) is 5.13 Å². The molecule has 1 saturated heterocycles. The fraction of sp³-hybridized carbons (Fsp3) is 0.812. The van der Waals surface area contributed by atoms with Gasteiger partial charge in [0.25, 0.3) is 0 Å². The maximum Gasteiger partial charge on any atom is 0.185 e. The molecule has 2 heterocycles. The Hall–Kier alpha value is -0.650. The molecule has 1 aliphatic heterocycles. The van der Waals surface area contributed by atoms with Gasteiger partial charge in [0, 0.05) is 30.4 Å². The first-order valence-corrected chi connectivity index (χ1v) is 9.12. The molecule has 1 aromatic heterocycles. The molecule has 1 aromatic rings. The summed E-state index contributed by atoms with van der Waals surface area (Å²) in [6.07, 6.45) is 5.18. The van der Waals surface area contributed by atoms with Crippen molar-refractivity contribution in [2.75, 3.05) is 38.6 Å². The lowest BCUT2D eigenvalue weighted by Crippen LogP contribution is -2.41. The van der Waals surface area contributed by atoms with E-state index in [4.69, 9.17) is 4.98 Å². The summed E-state index contributed by atoms with van der Waals surface area (Å²) in [5.41, 5.74) is 1.38. The Labute approximate surface area is 132 Å². The molecular formula is C16H28N4S. The number of aromatic nitrogens is 1. The van der Waals surface area contributed by atoms with E-state index in [0.29, 0.717) is 6.04 Å². The Balaban J connectivity index is 1.71. The summed E-state index contributed by atoms with van der Waals surface area (Å²) in [6.45, 7) is 6.60. The number of anilines is 1. The summed E-state index contributed by atoms with van der Waals surface area (Å²) in [7, 11) is 4.46. The van der Waals surface area contributed by atoms with E-state index in [1.165, 1.54) is 54.5 Å². The smallest absolute Gasteiger partial charge is 0.185 e. The third-order valence-electron chi connectivity index (χ3n) is 4.75. The number of nitrogens with zero attached hydrogens (tertiary/aromatic N) is 3. The summed E-state index contributed by atoms with van der Waals surface area (Å²) in [5.74, 6) is 0.745. The number of likely N-dealkylation sites (tertiary alicyclic amines) is 1. The summed E-state index contributed by atoms with van der Waals surface area (Å²) in [4.78, 5) is 11.3. The zero-order valence-corrected chi connectivity index (χ0v) is 14.4. The third-order valence-corrected chi connectivity index (χ3v) is 5.92. The van der Waals surface area contributed by atoms with E-state index in [9.17, 15) is 0 Å². The normalized spacial score (nSPS) is 20.9. The van der Waals surface area contributed by atoms with Crippen LogP contribution in [0.5, 0.6) is 0 Å². The minimum absolute atomic E-state index is 0.659. The lowest BCUT2D eigenvalue weighted by atomic mass is 10.0. The van der Waals surface area contributed by atoms with Crippen LogP contribution in [0.1, 0.15) is 49.1 Å². The Morgan fingerprint density at radius 2 is 2.00 bits per heavy atom. The van der Waals surface area contributed by atoms with Crippen LogP contribution >= 0.6 is 11.3 Å². The van der Waals surface area contributed by atoms with E-state index in [1.807, 2.05) is 11.3 Å². The Morgan fingerprint density at radius 1 is 1.29 bits per heavy atom. The average Bonchev–Trinajstić information content (AvgIpc) is 3.25. The van der Waals surface area contributed by atoms with E-state index < -0.39 is 0 Å². The molecule has 1 N–H and O–H groups in total. The second-order valence-electron chi connectivity index (χ2n) is 6.50. The van der Waals surface area contributed by atoms with Crippen LogP contribution in [0.3, 0.4) is 0 Å². The van der Waals surface area contributed by atoms with Crippen molar-refractivity contribution in [2.24, 2.45) is 0 Å². The first-order valence-electron chi connectivity index (χ1n) is 8.30. The average molecular weight is 308 g/mol. The minimum atomic E-state index is 0.659. The van der Waals surface area contributed by atoms with Crippen molar-refractivity contribution in [1.29, 1.82) is 0 Å². The molecule has 21 heavy (non-hydrogen) atoms. The van der Waals surface area contributed by atoms with E-state index in [0.717, 1.165) is 19.0 Å². The highest BCUT2D eigenvalue weighted by Gasteiger charge is 2.31. The zero-order valence-electron chi connectivity index (χ0n) is 13.6. The Bertz CT molecular complexity index is 461. The van der Waals surface area contributed by atoms with Crippen molar-refractivity contribution < 1.29 is 0 Å². The van der Waals surface area contributed by atoms with Crippen molar-refractivity contribution >= 4 is 16.5 Å². The van der Waals surface area contributed by atoms with Crippen LogP contribution in [0.2, 0.25) is 0 Å². The van der Waals surface area contributed by atoms with E-state index in [2.05, 4.69) is 36.1 Å². The number of rotatable bonds is 6. The molecule has 2 aliphatic rings. The fourth-order valence-electron chi connectivity index (χ4n) is 3.08. The molecule has 1 aliphatic carbocycles. The van der Waals surface area contributed by atoms with Gasteiger partial charge in [-0.05, 0) is 52.4 Å². The SMILES string of the molecule is CCNCc1sc(N(C)C2CCN(C)CC2)nc1C1CC1. The van der Waals surface area contributed by atoms with Crippen LogP contribution in [0, 0.1) is 0 Å². The van der Waals surface area contributed by atoms with Gasteiger partial charge >= 0.3 is 0 Å². The molecule has 5 heteroatoms. The number of hydrogen-bond donors (Lipinski definition) is 1. The summed E-state index contributed by atoms with van der Waals surface area (Å²) in [6, 6.07) is 0.659. The van der Waals surface area contributed by atoms with Gasteiger partial charge < -0.3 is 15.1 Å². The van der Waals surface area contributed by atoms with Crippen molar-refractivity contribution in [3.63, 3.8) is 0 Å². The van der Waals surface area contributed by atoms with Gasteiger partial charge in [0.1, 0.15) is 0 Å². The number of hydrogen-bond acceptors (Lipinski definition) is 5. The number of thiazole rings is 1. The first kappa shape index (κ1) is 15.3. The lowest BCUT2D eigenvalue weighted by Gasteiger charge is -2.34. The van der Waals surface area contributed by atoms with Crippen LogP contribution in [-0.4, -0.2) is 49.7 Å². The van der Waals surface area contributed by atoms with Gasteiger partial charge in [0.05, 0.1) is 5.69 Å².